The van der Waals surface area contributed by atoms with Crippen LogP contribution in [0.4, 0.5) is 10.5 Å². The third kappa shape index (κ3) is 3.45. The predicted octanol–water partition coefficient (Wildman–Crippen LogP) is 1.18. The molecule has 0 aromatic heterocycles. The van der Waals surface area contributed by atoms with Crippen LogP contribution in [0.2, 0.25) is 0 Å². The average Bonchev–Trinajstić information content (AvgIpc) is 2.40. The molecule has 19 heavy (non-hydrogen) atoms. The van der Waals surface area contributed by atoms with Crippen LogP contribution >= 0.6 is 0 Å². The van der Waals surface area contributed by atoms with Crippen LogP contribution in [0.1, 0.15) is 0 Å². The van der Waals surface area contributed by atoms with E-state index in [-0.39, 0.29) is 0 Å². The van der Waals surface area contributed by atoms with Crippen molar-refractivity contribution in [3.05, 3.63) is 24.3 Å². The molecule has 0 radical (unpaired) electrons. The zero-order valence-corrected chi connectivity index (χ0v) is 11.6. The van der Waals surface area contributed by atoms with E-state index in [2.05, 4.69) is 4.36 Å². The summed E-state index contributed by atoms with van der Waals surface area (Å²) in [5.74, 6) is 0. The summed E-state index contributed by atoms with van der Waals surface area (Å²) in [7, 11) is -2.74. The number of nitrogens with zero attached hydrogens (tertiary/aromatic N) is 2. The fourth-order valence-corrected chi connectivity index (χ4v) is 2.89. The minimum absolute atomic E-state index is 0.451. The largest absolute Gasteiger partial charge is 0.399 e. The number of ether oxygens (including phenoxy) is 1. The summed E-state index contributed by atoms with van der Waals surface area (Å²) in [4.78, 5) is 14.0. The molecule has 1 heterocycles. The Balaban J connectivity index is 2.22. The summed E-state index contributed by atoms with van der Waals surface area (Å²) in [6.07, 6.45) is 1.46. The summed E-state index contributed by atoms with van der Waals surface area (Å²) >= 11 is 0. The molecule has 1 atom stereocenters. The van der Waals surface area contributed by atoms with Gasteiger partial charge in [-0.3, -0.25) is 0 Å². The topological polar surface area (TPSA) is 85.0 Å². The van der Waals surface area contributed by atoms with Crippen LogP contribution < -0.4 is 5.73 Å². The number of morpholine rings is 1. The van der Waals surface area contributed by atoms with E-state index >= 15 is 0 Å². The van der Waals surface area contributed by atoms with E-state index in [4.69, 9.17) is 10.5 Å². The molecule has 0 spiro atoms. The molecule has 0 bridgehead atoms. The smallest absolute Gasteiger partial charge is 0.352 e. The molecule has 1 aliphatic rings. The zero-order valence-electron chi connectivity index (χ0n) is 10.7. The Kier molecular flexibility index (Phi) is 4.06. The van der Waals surface area contributed by atoms with Crippen molar-refractivity contribution >= 4 is 21.4 Å². The second-order valence-corrected chi connectivity index (χ2v) is 6.60. The van der Waals surface area contributed by atoms with E-state index in [1.54, 1.807) is 29.2 Å². The van der Waals surface area contributed by atoms with E-state index in [1.165, 1.54) is 6.26 Å². The maximum absolute atomic E-state index is 12.5. The molecule has 7 heteroatoms. The van der Waals surface area contributed by atoms with Crippen molar-refractivity contribution in [3.8, 4) is 0 Å². The van der Waals surface area contributed by atoms with Crippen LogP contribution in [0.3, 0.4) is 0 Å². The highest BCUT2D eigenvalue weighted by Gasteiger charge is 2.18. The molecule has 104 valence electrons. The number of hydrogen-bond donors (Lipinski definition) is 1. The molecule has 0 aliphatic carbocycles. The molecule has 2 N–H and O–H groups in total. The summed E-state index contributed by atoms with van der Waals surface area (Å²) in [6.45, 7) is 1.96. The zero-order chi connectivity index (χ0) is 13.9. The molecule has 1 aromatic carbocycles. The van der Waals surface area contributed by atoms with Gasteiger partial charge in [0.05, 0.1) is 22.9 Å². The van der Waals surface area contributed by atoms with Gasteiger partial charge in [-0.15, -0.1) is 4.36 Å². The molecule has 1 fully saturated rings. The third-order valence-electron chi connectivity index (χ3n) is 2.85. The number of carbonyl (C=O) groups is 1. The highest BCUT2D eigenvalue weighted by Crippen LogP contribution is 2.15. The van der Waals surface area contributed by atoms with Crippen molar-refractivity contribution in [1.29, 1.82) is 0 Å². The average molecular weight is 283 g/mol. The Labute approximate surface area is 112 Å². The van der Waals surface area contributed by atoms with Crippen molar-refractivity contribution in [3.63, 3.8) is 0 Å². The molecule has 1 aliphatic heterocycles. The molecule has 1 saturated heterocycles. The molecular weight excluding hydrogens is 266 g/mol. The highest BCUT2D eigenvalue weighted by molar-refractivity contribution is 7.93. The first-order chi connectivity index (χ1) is 8.99. The van der Waals surface area contributed by atoms with E-state index in [0.717, 1.165) is 0 Å². The van der Waals surface area contributed by atoms with Crippen molar-refractivity contribution in [1.82, 2.24) is 4.90 Å². The van der Waals surface area contributed by atoms with Crippen molar-refractivity contribution in [2.24, 2.45) is 4.36 Å². The number of amides is 2. The van der Waals surface area contributed by atoms with Crippen molar-refractivity contribution in [2.75, 3.05) is 38.3 Å². The fourth-order valence-electron chi connectivity index (χ4n) is 1.73. The van der Waals surface area contributed by atoms with Gasteiger partial charge in [-0.2, -0.15) is 0 Å². The molecule has 1 aromatic rings. The Bertz CT molecular complexity index is 570. The molecule has 1 unspecified atom stereocenters. The number of urea groups is 1. The summed E-state index contributed by atoms with van der Waals surface area (Å²) < 4.78 is 21.5. The second-order valence-electron chi connectivity index (χ2n) is 4.34. The van der Waals surface area contributed by atoms with E-state index in [0.29, 0.717) is 36.9 Å². The lowest BCUT2D eigenvalue weighted by Gasteiger charge is -2.24. The number of benzene rings is 1. The Morgan fingerprint density at radius 1 is 1.32 bits per heavy atom. The van der Waals surface area contributed by atoms with Gasteiger partial charge >= 0.3 is 6.03 Å². The van der Waals surface area contributed by atoms with Crippen LogP contribution in [0.15, 0.2) is 33.5 Å². The number of anilines is 1. The third-order valence-corrected chi connectivity index (χ3v) is 4.50. The number of nitrogens with two attached hydrogens (primary N) is 1. The van der Waals surface area contributed by atoms with Gasteiger partial charge in [0.1, 0.15) is 0 Å². The van der Waals surface area contributed by atoms with Crippen LogP contribution in [0.25, 0.3) is 0 Å². The first-order valence-electron chi connectivity index (χ1n) is 5.93. The SMILES string of the molecule is CS(=O)(=NC(=O)N1CCOCC1)c1ccc(N)cc1. The van der Waals surface area contributed by atoms with Gasteiger partial charge < -0.3 is 15.4 Å². The van der Waals surface area contributed by atoms with Gasteiger partial charge in [-0.05, 0) is 24.3 Å². The van der Waals surface area contributed by atoms with Crippen LogP contribution in [-0.4, -0.2) is 47.7 Å². The minimum Gasteiger partial charge on any atom is -0.399 e. The maximum atomic E-state index is 12.5. The van der Waals surface area contributed by atoms with Gasteiger partial charge in [0.15, 0.2) is 0 Å². The van der Waals surface area contributed by atoms with E-state index in [1.807, 2.05) is 0 Å². The van der Waals surface area contributed by atoms with Gasteiger partial charge in [-0.25, -0.2) is 9.00 Å². The molecular formula is C12H17N3O3S. The predicted molar refractivity (Wildman–Crippen MR) is 73.4 cm³/mol. The number of rotatable bonds is 1. The summed E-state index contributed by atoms with van der Waals surface area (Å²) in [6, 6.07) is 6.11. The quantitative estimate of drug-likeness (QED) is 0.784. The lowest BCUT2D eigenvalue weighted by Crippen LogP contribution is -2.39. The first-order valence-corrected chi connectivity index (χ1v) is 7.86. The van der Waals surface area contributed by atoms with Gasteiger partial charge in [0.2, 0.25) is 0 Å². The Hall–Kier alpha value is -1.60. The molecule has 2 rings (SSSR count). The number of nitrogen functional groups attached to an aromatic ring is 1. The maximum Gasteiger partial charge on any atom is 0.352 e. The Morgan fingerprint density at radius 2 is 1.89 bits per heavy atom. The van der Waals surface area contributed by atoms with Gasteiger partial charge in [-0.1, -0.05) is 0 Å². The minimum atomic E-state index is -2.74. The second kappa shape index (κ2) is 5.58. The van der Waals surface area contributed by atoms with E-state index < -0.39 is 15.8 Å². The van der Waals surface area contributed by atoms with Crippen LogP contribution in [0, 0.1) is 0 Å². The lowest BCUT2D eigenvalue weighted by atomic mass is 10.3. The summed E-state index contributed by atoms with van der Waals surface area (Å²) in [5.41, 5.74) is 6.16. The fraction of sp³-hybridized carbons (Fsp3) is 0.417. The lowest BCUT2D eigenvalue weighted by molar-refractivity contribution is 0.0556. The van der Waals surface area contributed by atoms with Crippen LogP contribution in [-0.2, 0) is 14.5 Å². The molecule has 2 amide bonds. The summed E-state index contributed by atoms with van der Waals surface area (Å²) in [5, 5.41) is 0. The molecule has 6 nitrogen and oxygen atoms in total. The number of hydrogen-bond acceptors (Lipinski definition) is 4. The normalized spacial score (nSPS) is 18.7. The monoisotopic (exact) mass is 283 g/mol. The van der Waals surface area contributed by atoms with Crippen molar-refractivity contribution < 1.29 is 13.7 Å². The first kappa shape index (κ1) is 13.8. The number of carbonyl (C=O) groups excluding carboxylic acids is 1. The highest BCUT2D eigenvalue weighted by atomic mass is 32.2. The molecule has 0 saturated carbocycles. The van der Waals surface area contributed by atoms with Gasteiger partial charge in [0.25, 0.3) is 0 Å². The van der Waals surface area contributed by atoms with Crippen molar-refractivity contribution in [2.45, 2.75) is 4.90 Å². The van der Waals surface area contributed by atoms with Gasteiger partial charge in [0, 0.05) is 29.9 Å². The van der Waals surface area contributed by atoms with Crippen LogP contribution in [0.5, 0.6) is 0 Å². The van der Waals surface area contributed by atoms with E-state index in [9.17, 15) is 9.00 Å². The standard InChI is InChI=1S/C12H17N3O3S/c1-19(17,11-4-2-10(13)3-5-11)14-12(16)15-6-8-18-9-7-15/h2-5H,6-9,13H2,1H3. The Morgan fingerprint density at radius 3 is 2.47 bits per heavy atom.